The number of halogens is 1. The van der Waals surface area contributed by atoms with Crippen LogP contribution in [0.1, 0.15) is 5.69 Å². The van der Waals surface area contributed by atoms with Crippen molar-refractivity contribution in [2.24, 2.45) is 0 Å². The van der Waals surface area contributed by atoms with Gasteiger partial charge in [-0.2, -0.15) is 0 Å². The summed E-state index contributed by atoms with van der Waals surface area (Å²) in [5, 5.41) is 0.762. The maximum absolute atomic E-state index is 11.5. The molecule has 1 aromatic carbocycles. The molecular weight excluding hydrogens is 277 g/mol. The van der Waals surface area contributed by atoms with Crippen molar-refractivity contribution < 1.29 is 0 Å². The third kappa shape index (κ3) is 1.48. The first-order chi connectivity index (χ1) is 6.18. The molecule has 1 aromatic heterocycles. The molecule has 13 heavy (non-hydrogen) atoms. The van der Waals surface area contributed by atoms with Gasteiger partial charge in [0.05, 0.1) is 5.52 Å². The van der Waals surface area contributed by atoms with E-state index < -0.39 is 0 Å². The zero-order valence-corrected chi connectivity index (χ0v) is 9.25. The molecule has 0 saturated carbocycles. The summed E-state index contributed by atoms with van der Waals surface area (Å²) in [4.78, 5) is 14.7. The van der Waals surface area contributed by atoms with Crippen LogP contribution in [-0.2, 0) is 0 Å². The zero-order chi connectivity index (χ0) is 9.42. The van der Waals surface area contributed by atoms with E-state index in [-0.39, 0.29) is 5.43 Å². The van der Waals surface area contributed by atoms with Crippen LogP contribution in [0.2, 0.25) is 0 Å². The van der Waals surface area contributed by atoms with Gasteiger partial charge in [0.1, 0.15) is 0 Å². The van der Waals surface area contributed by atoms with Crippen LogP contribution >= 0.6 is 22.6 Å². The van der Waals surface area contributed by atoms with Crippen LogP contribution in [0.5, 0.6) is 0 Å². The van der Waals surface area contributed by atoms with Crippen molar-refractivity contribution in [3.05, 3.63) is 43.8 Å². The number of nitrogens with one attached hydrogen (secondary N) is 1. The average Bonchev–Trinajstić information content (AvgIpc) is 2.07. The fraction of sp³-hybridized carbons (Fsp3) is 0.100. The Morgan fingerprint density at radius 3 is 2.92 bits per heavy atom. The van der Waals surface area contributed by atoms with Crippen LogP contribution in [0.3, 0.4) is 0 Å². The van der Waals surface area contributed by atoms with E-state index in [4.69, 9.17) is 0 Å². The lowest BCUT2D eigenvalue weighted by molar-refractivity contribution is 1.24. The minimum Gasteiger partial charge on any atom is -0.358 e. The summed E-state index contributed by atoms with van der Waals surface area (Å²) in [5.41, 5.74) is 1.93. The molecule has 0 aliphatic carbocycles. The number of aryl methyl sites for hydroxylation is 1. The number of benzene rings is 1. The number of aromatic amines is 1. The third-order valence-electron chi connectivity index (χ3n) is 1.95. The number of para-hydroxylation sites is 1. The molecule has 0 unspecified atom stereocenters. The molecule has 0 saturated heterocycles. The van der Waals surface area contributed by atoms with Crippen LogP contribution in [0.15, 0.2) is 29.1 Å². The molecule has 0 aliphatic heterocycles. The quantitative estimate of drug-likeness (QED) is 0.741. The normalized spacial score (nSPS) is 10.6. The minimum atomic E-state index is 0.0877. The number of fused-ring (bicyclic) bond motifs is 1. The lowest BCUT2D eigenvalue weighted by atomic mass is 10.2. The third-order valence-corrected chi connectivity index (χ3v) is 2.85. The van der Waals surface area contributed by atoms with E-state index in [0.717, 1.165) is 20.2 Å². The lowest BCUT2D eigenvalue weighted by Gasteiger charge is -2.01. The van der Waals surface area contributed by atoms with Crippen molar-refractivity contribution in [2.75, 3.05) is 0 Å². The Morgan fingerprint density at radius 1 is 1.38 bits per heavy atom. The van der Waals surface area contributed by atoms with Crippen molar-refractivity contribution in [3.8, 4) is 0 Å². The second-order valence-corrected chi connectivity index (χ2v) is 4.14. The fourth-order valence-corrected chi connectivity index (χ4v) is 2.00. The van der Waals surface area contributed by atoms with E-state index in [2.05, 4.69) is 27.6 Å². The largest absolute Gasteiger partial charge is 0.358 e. The molecule has 66 valence electrons. The minimum absolute atomic E-state index is 0.0877. The summed E-state index contributed by atoms with van der Waals surface area (Å²) in [5.74, 6) is 0. The smallest absolute Gasteiger partial charge is 0.189 e. The molecule has 3 heteroatoms. The lowest BCUT2D eigenvalue weighted by Crippen LogP contribution is -2.03. The molecular formula is C10H8INO. The van der Waals surface area contributed by atoms with Gasteiger partial charge in [0.25, 0.3) is 0 Å². The van der Waals surface area contributed by atoms with Crippen molar-refractivity contribution in [2.45, 2.75) is 6.92 Å². The Morgan fingerprint density at radius 2 is 2.15 bits per heavy atom. The van der Waals surface area contributed by atoms with Crippen LogP contribution in [0.4, 0.5) is 0 Å². The van der Waals surface area contributed by atoms with E-state index in [1.807, 2.05) is 25.1 Å². The Balaban J connectivity index is 3.03. The van der Waals surface area contributed by atoms with Gasteiger partial charge in [0.15, 0.2) is 5.43 Å². The first-order valence-corrected chi connectivity index (χ1v) is 5.04. The predicted molar refractivity (Wildman–Crippen MR) is 62.0 cm³/mol. The molecule has 0 fully saturated rings. The fourth-order valence-electron chi connectivity index (χ4n) is 1.36. The number of hydrogen-bond acceptors (Lipinski definition) is 1. The summed E-state index contributed by atoms with van der Waals surface area (Å²) in [6.07, 6.45) is 0. The van der Waals surface area contributed by atoms with Crippen molar-refractivity contribution in [3.63, 3.8) is 0 Å². The summed E-state index contributed by atoms with van der Waals surface area (Å²) in [6, 6.07) is 7.35. The standard InChI is InChI=1S/C10H8INO/c1-6-5-9(13)7-3-2-4-8(11)10(7)12-6/h2-5H,1H3,(H,12,13). The van der Waals surface area contributed by atoms with Gasteiger partial charge in [-0.3, -0.25) is 4.79 Å². The SMILES string of the molecule is Cc1cc(=O)c2cccc(I)c2[nH]1. The molecule has 0 bridgehead atoms. The highest BCUT2D eigenvalue weighted by atomic mass is 127. The zero-order valence-electron chi connectivity index (χ0n) is 7.10. The highest BCUT2D eigenvalue weighted by Crippen LogP contribution is 2.15. The van der Waals surface area contributed by atoms with Gasteiger partial charge in [-0.05, 0) is 41.6 Å². The van der Waals surface area contributed by atoms with Crippen molar-refractivity contribution in [1.82, 2.24) is 4.98 Å². The Hall–Kier alpha value is -0.840. The second kappa shape index (κ2) is 3.14. The summed E-state index contributed by atoms with van der Waals surface area (Å²) in [6.45, 7) is 1.89. The van der Waals surface area contributed by atoms with Gasteiger partial charge in [0.2, 0.25) is 0 Å². The molecule has 2 nitrogen and oxygen atoms in total. The number of aromatic nitrogens is 1. The van der Waals surface area contributed by atoms with E-state index in [9.17, 15) is 4.79 Å². The number of pyridine rings is 1. The maximum Gasteiger partial charge on any atom is 0.189 e. The van der Waals surface area contributed by atoms with Gasteiger partial charge in [0, 0.05) is 20.7 Å². The maximum atomic E-state index is 11.5. The summed E-state index contributed by atoms with van der Waals surface area (Å²) >= 11 is 2.22. The van der Waals surface area contributed by atoms with Crippen LogP contribution in [-0.4, -0.2) is 4.98 Å². The molecule has 0 amide bonds. The van der Waals surface area contributed by atoms with Crippen LogP contribution in [0, 0.1) is 10.5 Å². The number of hydrogen-bond donors (Lipinski definition) is 1. The van der Waals surface area contributed by atoms with E-state index in [1.54, 1.807) is 6.07 Å². The topological polar surface area (TPSA) is 32.9 Å². The van der Waals surface area contributed by atoms with Gasteiger partial charge in [-0.15, -0.1) is 0 Å². The Bertz CT molecular complexity index is 516. The predicted octanol–water partition coefficient (Wildman–Crippen LogP) is 2.44. The van der Waals surface area contributed by atoms with E-state index >= 15 is 0 Å². The molecule has 2 rings (SSSR count). The highest BCUT2D eigenvalue weighted by molar-refractivity contribution is 14.1. The molecule has 1 N–H and O–H groups in total. The number of rotatable bonds is 0. The van der Waals surface area contributed by atoms with Crippen LogP contribution in [0.25, 0.3) is 10.9 Å². The molecule has 2 aromatic rings. The average molecular weight is 285 g/mol. The van der Waals surface area contributed by atoms with Gasteiger partial charge >= 0.3 is 0 Å². The summed E-state index contributed by atoms with van der Waals surface area (Å²) < 4.78 is 1.08. The number of H-pyrrole nitrogens is 1. The molecule has 0 spiro atoms. The Kier molecular flexibility index (Phi) is 2.11. The van der Waals surface area contributed by atoms with Crippen molar-refractivity contribution >= 4 is 33.5 Å². The molecule has 0 aliphatic rings. The van der Waals surface area contributed by atoms with Gasteiger partial charge < -0.3 is 4.98 Å². The summed E-state index contributed by atoms with van der Waals surface area (Å²) in [7, 11) is 0. The van der Waals surface area contributed by atoms with E-state index in [0.29, 0.717) is 0 Å². The first kappa shape index (κ1) is 8.74. The highest BCUT2D eigenvalue weighted by Gasteiger charge is 2.01. The molecule has 1 heterocycles. The van der Waals surface area contributed by atoms with E-state index in [1.165, 1.54) is 0 Å². The second-order valence-electron chi connectivity index (χ2n) is 2.98. The molecule has 0 atom stereocenters. The van der Waals surface area contributed by atoms with Gasteiger partial charge in [-0.1, -0.05) is 6.07 Å². The van der Waals surface area contributed by atoms with Crippen molar-refractivity contribution in [1.29, 1.82) is 0 Å². The van der Waals surface area contributed by atoms with Gasteiger partial charge in [-0.25, -0.2) is 0 Å². The van der Waals surface area contributed by atoms with Crippen LogP contribution < -0.4 is 5.43 Å². The molecule has 0 radical (unpaired) electrons. The first-order valence-electron chi connectivity index (χ1n) is 3.96. The monoisotopic (exact) mass is 285 g/mol. The Labute approximate surface area is 89.1 Å².